The van der Waals surface area contributed by atoms with Gasteiger partial charge in [0.15, 0.2) is 5.82 Å². The van der Waals surface area contributed by atoms with Gasteiger partial charge in [-0.1, -0.05) is 32.3 Å². The second-order valence-electron chi connectivity index (χ2n) is 6.61. The Kier molecular flexibility index (Phi) is 3.66. The Balaban J connectivity index is 1.92. The van der Waals surface area contributed by atoms with Gasteiger partial charge in [0, 0.05) is 11.3 Å². The SMILES string of the molecule is Cc1ccc(N)cc1-c1nnnn1CC1(C)CCCCC1. The number of hydrogen-bond acceptors (Lipinski definition) is 4. The molecule has 1 aliphatic rings. The summed E-state index contributed by atoms with van der Waals surface area (Å²) in [5, 5.41) is 12.3. The van der Waals surface area contributed by atoms with E-state index in [1.54, 1.807) is 0 Å². The minimum Gasteiger partial charge on any atom is -0.399 e. The Bertz CT molecular complexity index is 625. The van der Waals surface area contributed by atoms with Crippen LogP contribution in [0.2, 0.25) is 0 Å². The second-order valence-corrected chi connectivity index (χ2v) is 6.61. The summed E-state index contributed by atoms with van der Waals surface area (Å²) in [6.45, 7) is 5.30. The molecule has 1 fully saturated rings. The molecule has 1 aliphatic carbocycles. The van der Waals surface area contributed by atoms with Crippen molar-refractivity contribution in [2.75, 3.05) is 5.73 Å². The van der Waals surface area contributed by atoms with E-state index in [1.165, 1.54) is 32.1 Å². The fourth-order valence-corrected chi connectivity index (χ4v) is 3.31. The quantitative estimate of drug-likeness (QED) is 0.879. The van der Waals surface area contributed by atoms with Gasteiger partial charge in [-0.3, -0.25) is 0 Å². The van der Waals surface area contributed by atoms with Crippen molar-refractivity contribution in [1.29, 1.82) is 0 Å². The number of benzene rings is 1. The van der Waals surface area contributed by atoms with Crippen LogP contribution in [-0.4, -0.2) is 20.2 Å². The summed E-state index contributed by atoms with van der Waals surface area (Å²) in [7, 11) is 0. The molecule has 1 saturated carbocycles. The number of nitrogens with two attached hydrogens (primary N) is 1. The van der Waals surface area contributed by atoms with E-state index in [2.05, 4.69) is 29.4 Å². The summed E-state index contributed by atoms with van der Waals surface area (Å²) < 4.78 is 1.95. The number of aryl methyl sites for hydroxylation is 1. The van der Waals surface area contributed by atoms with Gasteiger partial charge < -0.3 is 5.73 Å². The normalized spacial score (nSPS) is 17.8. The summed E-state index contributed by atoms with van der Waals surface area (Å²) in [6.07, 6.45) is 6.48. The molecule has 0 aliphatic heterocycles. The fraction of sp³-hybridized carbons (Fsp3) is 0.562. The smallest absolute Gasteiger partial charge is 0.182 e. The molecule has 0 atom stereocenters. The van der Waals surface area contributed by atoms with Crippen LogP contribution in [0.5, 0.6) is 0 Å². The maximum absolute atomic E-state index is 5.92. The molecule has 1 heterocycles. The first-order valence-corrected chi connectivity index (χ1v) is 7.70. The Morgan fingerprint density at radius 2 is 2.00 bits per heavy atom. The topological polar surface area (TPSA) is 69.6 Å². The molecule has 2 N–H and O–H groups in total. The van der Waals surface area contributed by atoms with Crippen LogP contribution in [-0.2, 0) is 6.54 Å². The molecule has 0 amide bonds. The Morgan fingerprint density at radius 1 is 1.24 bits per heavy atom. The molecular weight excluding hydrogens is 262 g/mol. The van der Waals surface area contributed by atoms with E-state index >= 15 is 0 Å². The number of rotatable bonds is 3. The lowest BCUT2D eigenvalue weighted by molar-refractivity contribution is 0.175. The summed E-state index contributed by atoms with van der Waals surface area (Å²) in [5.41, 5.74) is 9.14. The zero-order valence-electron chi connectivity index (χ0n) is 12.8. The van der Waals surface area contributed by atoms with E-state index in [9.17, 15) is 0 Å². The number of anilines is 1. The molecule has 1 aromatic carbocycles. The third-order valence-electron chi connectivity index (χ3n) is 4.63. The fourth-order valence-electron chi connectivity index (χ4n) is 3.31. The van der Waals surface area contributed by atoms with Crippen molar-refractivity contribution in [3.8, 4) is 11.4 Å². The molecule has 3 rings (SSSR count). The van der Waals surface area contributed by atoms with Gasteiger partial charge in [-0.15, -0.1) is 5.10 Å². The van der Waals surface area contributed by atoms with Gasteiger partial charge in [0.2, 0.25) is 0 Å². The first-order valence-electron chi connectivity index (χ1n) is 7.70. The third kappa shape index (κ3) is 2.91. The number of hydrogen-bond donors (Lipinski definition) is 1. The van der Waals surface area contributed by atoms with Crippen LogP contribution in [0.25, 0.3) is 11.4 Å². The van der Waals surface area contributed by atoms with Crippen molar-refractivity contribution in [3.05, 3.63) is 23.8 Å². The molecule has 2 aromatic rings. The zero-order valence-corrected chi connectivity index (χ0v) is 12.8. The van der Waals surface area contributed by atoms with Crippen LogP contribution in [0.15, 0.2) is 18.2 Å². The van der Waals surface area contributed by atoms with Crippen molar-refractivity contribution >= 4 is 5.69 Å². The lowest BCUT2D eigenvalue weighted by atomic mass is 9.76. The molecule has 5 nitrogen and oxygen atoms in total. The summed E-state index contributed by atoms with van der Waals surface area (Å²) in [5.74, 6) is 0.826. The van der Waals surface area contributed by atoms with Crippen LogP contribution in [0.3, 0.4) is 0 Å². The highest BCUT2D eigenvalue weighted by Crippen LogP contribution is 2.37. The highest BCUT2D eigenvalue weighted by atomic mass is 15.5. The molecular formula is C16H23N5. The second kappa shape index (κ2) is 5.47. The van der Waals surface area contributed by atoms with E-state index in [0.717, 1.165) is 29.2 Å². The van der Waals surface area contributed by atoms with Gasteiger partial charge in [0.05, 0.1) is 6.54 Å². The molecule has 112 valence electrons. The maximum Gasteiger partial charge on any atom is 0.182 e. The Labute approximate surface area is 125 Å². The lowest BCUT2D eigenvalue weighted by Crippen LogP contribution is -2.27. The average Bonchev–Trinajstić information content (AvgIpc) is 2.89. The van der Waals surface area contributed by atoms with Gasteiger partial charge in [-0.25, -0.2) is 4.68 Å². The van der Waals surface area contributed by atoms with Crippen molar-refractivity contribution in [2.45, 2.75) is 52.5 Å². The maximum atomic E-state index is 5.92. The monoisotopic (exact) mass is 285 g/mol. The van der Waals surface area contributed by atoms with Crippen LogP contribution in [0.1, 0.15) is 44.6 Å². The lowest BCUT2D eigenvalue weighted by Gasteiger charge is -2.33. The Hall–Kier alpha value is -1.91. The van der Waals surface area contributed by atoms with Gasteiger partial charge in [0.1, 0.15) is 0 Å². The predicted octanol–water partition coefficient (Wildman–Crippen LogP) is 3.20. The summed E-state index contributed by atoms with van der Waals surface area (Å²) in [6, 6.07) is 5.89. The van der Waals surface area contributed by atoms with Crippen LogP contribution in [0.4, 0.5) is 5.69 Å². The first-order chi connectivity index (χ1) is 10.1. The third-order valence-corrected chi connectivity index (χ3v) is 4.63. The van der Waals surface area contributed by atoms with Gasteiger partial charge >= 0.3 is 0 Å². The first kappa shape index (κ1) is 14.0. The highest BCUT2D eigenvalue weighted by Gasteiger charge is 2.29. The van der Waals surface area contributed by atoms with E-state index in [1.807, 2.05) is 22.9 Å². The van der Waals surface area contributed by atoms with Crippen molar-refractivity contribution in [1.82, 2.24) is 20.2 Å². The average molecular weight is 285 g/mol. The van der Waals surface area contributed by atoms with Crippen molar-refractivity contribution in [2.24, 2.45) is 5.41 Å². The number of nitrogen functional groups attached to an aromatic ring is 1. The van der Waals surface area contributed by atoms with E-state index in [0.29, 0.717) is 5.41 Å². The van der Waals surface area contributed by atoms with E-state index in [-0.39, 0.29) is 0 Å². The molecule has 0 spiro atoms. The molecule has 5 heteroatoms. The van der Waals surface area contributed by atoms with Crippen molar-refractivity contribution < 1.29 is 0 Å². The van der Waals surface area contributed by atoms with Crippen LogP contribution >= 0.6 is 0 Å². The van der Waals surface area contributed by atoms with Gasteiger partial charge in [-0.05, 0) is 53.3 Å². The minimum absolute atomic E-state index is 0.302. The summed E-state index contributed by atoms with van der Waals surface area (Å²) in [4.78, 5) is 0. The minimum atomic E-state index is 0.302. The molecule has 0 saturated heterocycles. The van der Waals surface area contributed by atoms with Gasteiger partial charge in [-0.2, -0.15) is 0 Å². The number of tetrazole rings is 1. The highest BCUT2D eigenvalue weighted by molar-refractivity contribution is 5.65. The Morgan fingerprint density at radius 3 is 2.76 bits per heavy atom. The number of aromatic nitrogens is 4. The standard InChI is InChI=1S/C16H23N5/c1-12-6-7-13(17)10-14(12)15-18-19-20-21(15)11-16(2)8-4-3-5-9-16/h6-7,10H,3-5,8-9,11,17H2,1-2H3. The van der Waals surface area contributed by atoms with E-state index in [4.69, 9.17) is 5.73 Å². The van der Waals surface area contributed by atoms with Crippen LogP contribution < -0.4 is 5.73 Å². The molecule has 21 heavy (non-hydrogen) atoms. The van der Waals surface area contributed by atoms with E-state index < -0.39 is 0 Å². The molecule has 1 aromatic heterocycles. The molecule has 0 unspecified atom stereocenters. The molecule has 0 bridgehead atoms. The van der Waals surface area contributed by atoms with Crippen molar-refractivity contribution in [3.63, 3.8) is 0 Å². The predicted molar refractivity (Wildman–Crippen MR) is 83.6 cm³/mol. The van der Waals surface area contributed by atoms with Gasteiger partial charge in [0.25, 0.3) is 0 Å². The summed E-state index contributed by atoms with van der Waals surface area (Å²) >= 11 is 0. The largest absolute Gasteiger partial charge is 0.399 e. The zero-order chi connectivity index (χ0) is 14.9. The van der Waals surface area contributed by atoms with Crippen LogP contribution in [0, 0.1) is 12.3 Å². The molecule has 0 radical (unpaired) electrons. The number of nitrogens with zero attached hydrogens (tertiary/aromatic N) is 4.